The highest BCUT2D eigenvalue weighted by atomic mass is 16.3. The van der Waals surface area contributed by atoms with Gasteiger partial charge in [-0.1, -0.05) is 45.0 Å². The molecule has 1 unspecified atom stereocenters. The lowest BCUT2D eigenvalue weighted by atomic mass is 10.1. The summed E-state index contributed by atoms with van der Waals surface area (Å²) < 4.78 is 7.55. The van der Waals surface area contributed by atoms with Crippen LogP contribution in [0, 0.1) is 12.8 Å². The first kappa shape index (κ1) is 26.3. The molecule has 0 spiro atoms. The van der Waals surface area contributed by atoms with Crippen LogP contribution in [0.5, 0.6) is 0 Å². The molecule has 0 bridgehead atoms. The lowest BCUT2D eigenvalue weighted by Gasteiger charge is -2.32. The quantitative estimate of drug-likeness (QED) is 0.334. The average molecular weight is 478 g/mol. The van der Waals surface area contributed by atoms with Crippen LogP contribution in [0.1, 0.15) is 67.9 Å². The molecule has 0 saturated carbocycles. The standard InChI is InChI=1S/C29H39N3O3/c1-6-24(5)32(20-26-13-9-16-30(26)19-25-12-8-7-11-23(25)4)28(33)21-31(17-15-22(2)3)29(34)27-14-10-18-35-27/h7-14,16,18,22,24H,6,15,17,19-21H2,1-5H3. The van der Waals surface area contributed by atoms with Crippen LogP contribution in [0.15, 0.2) is 65.4 Å². The summed E-state index contributed by atoms with van der Waals surface area (Å²) in [5.74, 6) is 0.402. The van der Waals surface area contributed by atoms with Gasteiger partial charge in [0.15, 0.2) is 5.76 Å². The predicted molar refractivity (Wildman–Crippen MR) is 139 cm³/mol. The fourth-order valence-electron chi connectivity index (χ4n) is 4.08. The van der Waals surface area contributed by atoms with E-state index in [1.54, 1.807) is 17.0 Å². The zero-order chi connectivity index (χ0) is 25.4. The molecule has 2 amide bonds. The molecule has 0 aliphatic rings. The average Bonchev–Trinajstić information content (AvgIpc) is 3.53. The van der Waals surface area contributed by atoms with E-state index in [-0.39, 0.29) is 30.2 Å². The Labute approximate surface area is 209 Å². The molecule has 1 atom stereocenters. The van der Waals surface area contributed by atoms with Crippen LogP contribution in [0.2, 0.25) is 0 Å². The number of hydrogen-bond acceptors (Lipinski definition) is 3. The number of amides is 2. The van der Waals surface area contributed by atoms with Crippen LogP contribution >= 0.6 is 0 Å². The van der Waals surface area contributed by atoms with Crippen molar-refractivity contribution in [1.29, 1.82) is 0 Å². The summed E-state index contributed by atoms with van der Waals surface area (Å²) in [5.41, 5.74) is 3.59. The number of benzene rings is 1. The molecule has 35 heavy (non-hydrogen) atoms. The molecule has 3 aromatic rings. The highest BCUT2D eigenvalue weighted by molar-refractivity contribution is 5.94. The van der Waals surface area contributed by atoms with Gasteiger partial charge >= 0.3 is 0 Å². The van der Waals surface area contributed by atoms with E-state index >= 15 is 0 Å². The molecule has 2 aromatic heterocycles. The molecule has 0 radical (unpaired) electrons. The predicted octanol–water partition coefficient (Wildman–Crippen LogP) is 5.75. The minimum absolute atomic E-state index is 0.0368. The Hall–Kier alpha value is -3.28. The van der Waals surface area contributed by atoms with Gasteiger partial charge in [-0.3, -0.25) is 9.59 Å². The van der Waals surface area contributed by atoms with Crippen LogP contribution in [0.25, 0.3) is 0 Å². The van der Waals surface area contributed by atoms with Gasteiger partial charge < -0.3 is 18.8 Å². The number of aryl methyl sites for hydroxylation is 1. The molecule has 0 fully saturated rings. The van der Waals surface area contributed by atoms with Gasteiger partial charge in [0.05, 0.1) is 12.8 Å². The van der Waals surface area contributed by atoms with E-state index in [1.807, 2.05) is 17.0 Å². The molecule has 0 aliphatic heterocycles. The topological polar surface area (TPSA) is 58.7 Å². The number of carbonyl (C=O) groups is 2. The maximum absolute atomic E-state index is 13.6. The lowest BCUT2D eigenvalue weighted by Crippen LogP contribution is -2.46. The van der Waals surface area contributed by atoms with Gasteiger partial charge in [-0.05, 0) is 68.0 Å². The summed E-state index contributed by atoms with van der Waals surface area (Å²) in [5, 5.41) is 0. The third-order valence-corrected chi connectivity index (χ3v) is 6.62. The van der Waals surface area contributed by atoms with Crippen LogP contribution in [-0.4, -0.2) is 45.3 Å². The van der Waals surface area contributed by atoms with Gasteiger partial charge in [0, 0.05) is 31.0 Å². The Balaban J connectivity index is 1.78. The van der Waals surface area contributed by atoms with E-state index in [4.69, 9.17) is 4.42 Å². The van der Waals surface area contributed by atoms with Crippen LogP contribution in [-0.2, 0) is 17.9 Å². The van der Waals surface area contributed by atoms with E-state index in [2.05, 4.69) is 69.6 Å². The van der Waals surface area contributed by atoms with Gasteiger partial charge in [0.1, 0.15) is 6.54 Å². The first-order chi connectivity index (χ1) is 16.8. The Bertz CT molecular complexity index is 1080. The van der Waals surface area contributed by atoms with Gasteiger partial charge in [0.2, 0.25) is 5.91 Å². The number of furan rings is 1. The van der Waals surface area contributed by atoms with Gasteiger partial charge in [-0.15, -0.1) is 0 Å². The van der Waals surface area contributed by atoms with Gasteiger partial charge in [-0.25, -0.2) is 0 Å². The second-order valence-corrected chi connectivity index (χ2v) is 9.72. The van der Waals surface area contributed by atoms with Crippen LogP contribution in [0.3, 0.4) is 0 Å². The summed E-state index contributed by atoms with van der Waals surface area (Å²) in [6.07, 6.45) is 5.21. The summed E-state index contributed by atoms with van der Waals surface area (Å²) in [6, 6.07) is 15.9. The first-order valence-electron chi connectivity index (χ1n) is 12.6. The third-order valence-electron chi connectivity index (χ3n) is 6.62. The van der Waals surface area contributed by atoms with Crippen molar-refractivity contribution in [3.05, 3.63) is 83.6 Å². The molecule has 1 aromatic carbocycles. The zero-order valence-electron chi connectivity index (χ0n) is 21.7. The van der Waals surface area contributed by atoms with Crippen molar-refractivity contribution in [2.45, 2.75) is 66.6 Å². The Kier molecular flexibility index (Phi) is 9.35. The minimum Gasteiger partial charge on any atom is -0.459 e. The highest BCUT2D eigenvalue weighted by Crippen LogP contribution is 2.17. The largest absolute Gasteiger partial charge is 0.459 e. The molecule has 6 nitrogen and oxygen atoms in total. The number of carbonyl (C=O) groups excluding carboxylic acids is 2. The van der Waals surface area contributed by atoms with Gasteiger partial charge in [-0.2, -0.15) is 0 Å². The Morgan fingerprint density at radius 2 is 1.80 bits per heavy atom. The summed E-state index contributed by atoms with van der Waals surface area (Å²) >= 11 is 0. The molecule has 6 heteroatoms. The van der Waals surface area contributed by atoms with Gasteiger partial charge in [0.25, 0.3) is 5.91 Å². The molecule has 0 N–H and O–H groups in total. The first-order valence-corrected chi connectivity index (χ1v) is 12.6. The number of nitrogens with zero attached hydrogens (tertiary/aromatic N) is 3. The molecule has 188 valence electrons. The fraction of sp³-hybridized carbons (Fsp3) is 0.448. The van der Waals surface area contributed by atoms with Crippen molar-refractivity contribution in [3.8, 4) is 0 Å². The van der Waals surface area contributed by atoms with E-state index < -0.39 is 0 Å². The van der Waals surface area contributed by atoms with Crippen LogP contribution in [0.4, 0.5) is 0 Å². The Morgan fingerprint density at radius 3 is 2.46 bits per heavy atom. The zero-order valence-corrected chi connectivity index (χ0v) is 21.7. The van der Waals surface area contributed by atoms with Crippen molar-refractivity contribution < 1.29 is 14.0 Å². The summed E-state index contributed by atoms with van der Waals surface area (Å²) in [7, 11) is 0. The van der Waals surface area contributed by atoms with Crippen molar-refractivity contribution >= 4 is 11.8 Å². The van der Waals surface area contributed by atoms with E-state index in [1.165, 1.54) is 17.4 Å². The van der Waals surface area contributed by atoms with E-state index in [0.29, 0.717) is 19.0 Å². The van der Waals surface area contributed by atoms with Crippen LogP contribution < -0.4 is 0 Å². The molecular formula is C29H39N3O3. The molecule has 2 heterocycles. The molecular weight excluding hydrogens is 438 g/mol. The van der Waals surface area contributed by atoms with Crippen molar-refractivity contribution in [3.63, 3.8) is 0 Å². The van der Waals surface area contributed by atoms with Crippen molar-refractivity contribution in [2.75, 3.05) is 13.1 Å². The number of aromatic nitrogens is 1. The molecule has 3 rings (SSSR count). The van der Waals surface area contributed by atoms with E-state index in [9.17, 15) is 9.59 Å². The second-order valence-electron chi connectivity index (χ2n) is 9.72. The normalized spacial score (nSPS) is 12.1. The van der Waals surface area contributed by atoms with Crippen molar-refractivity contribution in [2.24, 2.45) is 5.92 Å². The maximum atomic E-state index is 13.6. The summed E-state index contributed by atoms with van der Waals surface area (Å²) in [6.45, 7) is 12.3. The fourth-order valence-corrected chi connectivity index (χ4v) is 4.08. The Morgan fingerprint density at radius 1 is 1.03 bits per heavy atom. The summed E-state index contributed by atoms with van der Waals surface area (Å²) in [4.78, 5) is 30.2. The smallest absolute Gasteiger partial charge is 0.290 e. The third kappa shape index (κ3) is 7.10. The monoisotopic (exact) mass is 477 g/mol. The molecule has 0 aliphatic carbocycles. The number of rotatable bonds is 12. The highest BCUT2D eigenvalue weighted by Gasteiger charge is 2.26. The lowest BCUT2D eigenvalue weighted by molar-refractivity contribution is -0.134. The van der Waals surface area contributed by atoms with E-state index in [0.717, 1.165) is 25.1 Å². The van der Waals surface area contributed by atoms with Crippen molar-refractivity contribution in [1.82, 2.24) is 14.4 Å². The number of hydrogen-bond donors (Lipinski definition) is 0. The molecule has 0 saturated heterocycles. The second kappa shape index (κ2) is 12.4. The SMILES string of the molecule is CCC(C)N(Cc1cccn1Cc1ccccc1C)C(=O)CN(CCC(C)C)C(=O)c1ccco1. The minimum atomic E-state index is -0.240. The maximum Gasteiger partial charge on any atom is 0.290 e.